The Kier molecular flexibility index (Phi) is 6.30. The van der Waals surface area contributed by atoms with Crippen LogP contribution in [0.1, 0.15) is 23.8 Å². The topological polar surface area (TPSA) is 53.6 Å². The van der Waals surface area contributed by atoms with Crippen molar-refractivity contribution in [3.8, 4) is 0 Å². The number of hydrogen-bond donors (Lipinski definition) is 2. The first-order valence-electron chi connectivity index (χ1n) is 8.79. The predicted octanol–water partition coefficient (Wildman–Crippen LogP) is 3.86. The molecule has 25 heavy (non-hydrogen) atoms. The van der Waals surface area contributed by atoms with E-state index in [2.05, 4.69) is 39.1 Å². The number of anilines is 2. The maximum Gasteiger partial charge on any atom is 0.319 e. The lowest BCUT2D eigenvalue weighted by Gasteiger charge is -2.29. The average Bonchev–Trinajstić information content (AvgIpc) is 3.10. The molecule has 0 unspecified atom stereocenters. The van der Waals surface area contributed by atoms with Crippen LogP contribution in [0.25, 0.3) is 0 Å². The van der Waals surface area contributed by atoms with E-state index in [0.717, 1.165) is 31.6 Å². The summed E-state index contributed by atoms with van der Waals surface area (Å²) in [6.45, 7) is 5.97. The van der Waals surface area contributed by atoms with E-state index in [4.69, 9.17) is 4.74 Å². The fourth-order valence-corrected chi connectivity index (χ4v) is 3.81. The van der Waals surface area contributed by atoms with Gasteiger partial charge in [0.25, 0.3) is 0 Å². The number of fused-ring (bicyclic) bond motifs is 1. The Morgan fingerprint density at radius 3 is 2.92 bits per heavy atom. The third kappa shape index (κ3) is 4.96. The van der Waals surface area contributed by atoms with E-state index in [1.807, 2.05) is 30.4 Å². The Bertz CT molecular complexity index is 684. The van der Waals surface area contributed by atoms with Crippen LogP contribution in [0.2, 0.25) is 0 Å². The SMILES string of the molecule is CCOCCCNC(=O)Nc1ccc(N2CCc3sccc3C2)cc1. The molecule has 0 saturated heterocycles. The van der Waals surface area contributed by atoms with Crippen LogP contribution < -0.4 is 15.5 Å². The van der Waals surface area contributed by atoms with Crippen LogP contribution in [0.4, 0.5) is 16.2 Å². The van der Waals surface area contributed by atoms with Crippen molar-refractivity contribution in [1.29, 1.82) is 0 Å². The molecular weight excluding hydrogens is 334 g/mol. The van der Waals surface area contributed by atoms with Gasteiger partial charge in [0.2, 0.25) is 0 Å². The van der Waals surface area contributed by atoms with E-state index >= 15 is 0 Å². The molecule has 2 N–H and O–H groups in total. The summed E-state index contributed by atoms with van der Waals surface area (Å²) in [7, 11) is 0. The summed E-state index contributed by atoms with van der Waals surface area (Å²) < 4.78 is 5.25. The highest BCUT2D eigenvalue weighted by atomic mass is 32.1. The zero-order valence-electron chi connectivity index (χ0n) is 14.6. The van der Waals surface area contributed by atoms with Gasteiger partial charge in [-0.15, -0.1) is 11.3 Å². The first kappa shape index (κ1) is 17.8. The standard InChI is InChI=1S/C19H25N3O2S/c1-2-24-12-3-10-20-19(23)21-16-4-6-17(7-5-16)22-11-8-18-15(14-22)9-13-25-18/h4-7,9,13H,2-3,8,10-12,14H2,1H3,(H2,20,21,23). The number of urea groups is 1. The monoisotopic (exact) mass is 359 g/mol. The van der Waals surface area contributed by atoms with Gasteiger partial charge in [-0.1, -0.05) is 0 Å². The molecule has 0 saturated carbocycles. The molecule has 2 heterocycles. The molecule has 1 aromatic carbocycles. The van der Waals surface area contributed by atoms with Crippen LogP contribution >= 0.6 is 11.3 Å². The third-order valence-electron chi connectivity index (χ3n) is 4.25. The molecule has 0 bridgehead atoms. The molecule has 2 amide bonds. The minimum Gasteiger partial charge on any atom is -0.382 e. The first-order chi connectivity index (χ1) is 12.3. The maximum absolute atomic E-state index is 11.9. The number of nitrogens with zero attached hydrogens (tertiary/aromatic N) is 1. The van der Waals surface area contributed by atoms with Crippen LogP contribution in [0.5, 0.6) is 0 Å². The normalized spacial score (nSPS) is 13.4. The largest absolute Gasteiger partial charge is 0.382 e. The molecule has 1 aliphatic rings. The summed E-state index contributed by atoms with van der Waals surface area (Å²) in [5.74, 6) is 0. The molecule has 5 nitrogen and oxygen atoms in total. The lowest BCUT2D eigenvalue weighted by atomic mass is 10.1. The minimum absolute atomic E-state index is 0.176. The predicted molar refractivity (Wildman–Crippen MR) is 104 cm³/mol. The van der Waals surface area contributed by atoms with Crippen molar-refractivity contribution in [3.63, 3.8) is 0 Å². The number of benzene rings is 1. The van der Waals surface area contributed by atoms with Gasteiger partial charge >= 0.3 is 6.03 Å². The second kappa shape index (κ2) is 8.87. The molecule has 1 aromatic heterocycles. The number of carbonyl (C=O) groups is 1. The quantitative estimate of drug-likeness (QED) is 0.738. The van der Waals surface area contributed by atoms with Crippen molar-refractivity contribution < 1.29 is 9.53 Å². The number of ether oxygens (including phenoxy) is 1. The van der Waals surface area contributed by atoms with Crippen LogP contribution in [-0.4, -0.2) is 32.3 Å². The van der Waals surface area contributed by atoms with E-state index < -0.39 is 0 Å². The lowest BCUT2D eigenvalue weighted by molar-refractivity contribution is 0.145. The summed E-state index contributed by atoms with van der Waals surface area (Å²) in [6, 6.07) is 10.1. The molecule has 6 heteroatoms. The number of nitrogens with one attached hydrogen (secondary N) is 2. The third-order valence-corrected chi connectivity index (χ3v) is 5.28. The molecule has 0 fully saturated rings. The Balaban J connectivity index is 1.47. The average molecular weight is 359 g/mol. The van der Waals surface area contributed by atoms with Gasteiger partial charge in [0.05, 0.1) is 0 Å². The van der Waals surface area contributed by atoms with Crippen LogP contribution in [-0.2, 0) is 17.7 Å². The molecule has 3 rings (SSSR count). The van der Waals surface area contributed by atoms with E-state index in [0.29, 0.717) is 19.8 Å². The van der Waals surface area contributed by atoms with Gasteiger partial charge in [0, 0.05) is 49.1 Å². The molecule has 134 valence electrons. The van der Waals surface area contributed by atoms with Gasteiger partial charge in [-0.05, 0) is 61.0 Å². The van der Waals surface area contributed by atoms with Gasteiger partial charge in [-0.25, -0.2) is 4.79 Å². The van der Waals surface area contributed by atoms with Crippen LogP contribution in [0, 0.1) is 0 Å². The Labute approximate surface area is 153 Å². The van der Waals surface area contributed by atoms with Gasteiger partial charge < -0.3 is 20.3 Å². The molecule has 0 radical (unpaired) electrons. The second-order valence-electron chi connectivity index (χ2n) is 6.02. The van der Waals surface area contributed by atoms with Crippen molar-refractivity contribution in [2.45, 2.75) is 26.3 Å². The molecule has 1 aliphatic heterocycles. The Hall–Kier alpha value is -2.05. The summed E-state index contributed by atoms with van der Waals surface area (Å²) in [5, 5.41) is 7.88. The summed E-state index contributed by atoms with van der Waals surface area (Å²) in [6.07, 6.45) is 1.93. The van der Waals surface area contributed by atoms with E-state index in [1.165, 1.54) is 16.1 Å². The minimum atomic E-state index is -0.176. The first-order valence-corrected chi connectivity index (χ1v) is 9.67. The fourth-order valence-electron chi connectivity index (χ4n) is 2.92. The smallest absolute Gasteiger partial charge is 0.319 e. The zero-order chi connectivity index (χ0) is 17.5. The van der Waals surface area contributed by atoms with Crippen molar-refractivity contribution >= 4 is 28.7 Å². The second-order valence-corrected chi connectivity index (χ2v) is 7.02. The zero-order valence-corrected chi connectivity index (χ0v) is 15.4. The number of amides is 2. The van der Waals surface area contributed by atoms with Gasteiger partial charge in [0.15, 0.2) is 0 Å². The molecule has 0 aliphatic carbocycles. The molecular formula is C19H25N3O2S. The Morgan fingerprint density at radius 1 is 1.28 bits per heavy atom. The number of rotatable bonds is 7. The highest BCUT2D eigenvalue weighted by molar-refractivity contribution is 7.10. The molecule has 0 spiro atoms. The van der Waals surface area contributed by atoms with Crippen LogP contribution in [0.15, 0.2) is 35.7 Å². The summed E-state index contributed by atoms with van der Waals surface area (Å²) in [5.41, 5.74) is 3.43. The maximum atomic E-state index is 11.9. The van der Waals surface area contributed by atoms with E-state index in [1.54, 1.807) is 0 Å². The van der Waals surface area contributed by atoms with Gasteiger partial charge in [-0.2, -0.15) is 0 Å². The van der Waals surface area contributed by atoms with Crippen molar-refractivity contribution in [1.82, 2.24) is 5.32 Å². The van der Waals surface area contributed by atoms with Gasteiger partial charge in [0.1, 0.15) is 0 Å². The van der Waals surface area contributed by atoms with Gasteiger partial charge in [-0.3, -0.25) is 0 Å². The lowest BCUT2D eigenvalue weighted by Crippen LogP contribution is -2.30. The van der Waals surface area contributed by atoms with Crippen molar-refractivity contribution in [2.24, 2.45) is 0 Å². The number of carbonyl (C=O) groups excluding carboxylic acids is 1. The van der Waals surface area contributed by atoms with Crippen LogP contribution in [0.3, 0.4) is 0 Å². The highest BCUT2D eigenvalue weighted by Crippen LogP contribution is 2.28. The summed E-state index contributed by atoms with van der Waals surface area (Å²) >= 11 is 1.85. The van der Waals surface area contributed by atoms with Crippen molar-refractivity contribution in [3.05, 3.63) is 46.2 Å². The van der Waals surface area contributed by atoms with E-state index in [9.17, 15) is 4.79 Å². The molecule has 2 aromatic rings. The van der Waals surface area contributed by atoms with Crippen molar-refractivity contribution in [2.75, 3.05) is 36.5 Å². The fraction of sp³-hybridized carbons (Fsp3) is 0.421. The number of thiophene rings is 1. The van der Waals surface area contributed by atoms with E-state index in [-0.39, 0.29) is 6.03 Å². The Morgan fingerprint density at radius 2 is 2.12 bits per heavy atom. The summed E-state index contributed by atoms with van der Waals surface area (Å²) in [4.78, 5) is 15.8. The highest BCUT2D eigenvalue weighted by Gasteiger charge is 2.17. The number of hydrogen-bond acceptors (Lipinski definition) is 4. The molecule has 0 atom stereocenters.